The van der Waals surface area contributed by atoms with Gasteiger partial charge in [-0.2, -0.15) is 0 Å². The number of anilines is 1. The number of nitrogens with zero attached hydrogens (tertiary/aromatic N) is 1. The van der Waals surface area contributed by atoms with Crippen molar-refractivity contribution in [3.05, 3.63) is 59.7 Å². The van der Waals surface area contributed by atoms with Gasteiger partial charge in [0.2, 0.25) is 0 Å². The topological polar surface area (TPSA) is 65.2 Å². The molecular formula is C15H17FN2O2. The van der Waals surface area contributed by atoms with Gasteiger partial charge >= 0.3 is 0 Å². The fraction of sp³-hybridized carbons (Fsp3) is 0.200. The molecule has 0 unspecified atom stereocenters. The summed E-state index contributed by atoms with van der Waals surface area (Å²) in [5.74, 6) is -0.218. The van der Waals surface area contributed by atoms with Crippen LogP contribution in [0.2, 0.25) is 0 Å². The number of nitrogens with two attached hydrogens (primary N) is 1. The Morgan fingerprint density at radius 2 is 1.95 bits per heavy atom. The number of pyridine rings is 1. The van der Waals surface area contributed by atoms with Gasteiger partial charge < -0.3 is 10.5 Å². The van der Waals surface area contributed by atoms with Crippen LogP contribution >= 0.6 is 0 Å². The van der Waals surface area contributed by atoms with E-state index in [4.69, 9.17) is 5.73 Å². The number of carbonyl (C=O) groups is 1. The number of nitrogen functional groups attached to an aromatic ring is 1. The van der Waals surface area contributed by atoms with Crippen LogP contribution in [0.25, 0.3) is 0 Å². The van der Waals surface area contributed by atoms with Crippen LogP contribution in [0, 0.1) is 5.82 Å². The number of halogens is 1. The first kappa shape index (κ1) is 15.6. The average Bonchev–Trinajstić information content (AvgIpc) is 2.43. The van der Waals surface area contributed by atoms with Gasteiger partial charge in [-0.05, 0) is 42.7 Å². The molecule has 5 heteroatoms. The maximum Gasteiger partial charge on any atom is 0.293 e. The van der Waals surface area contributed by atoms with E-state index >= 15 is 0 Å². The van der Waals surface area contributed by atoms with E-state index in [0.29, 0.717) is 18.8 Å². The standard InChI is InChI=1S/C12H11FN2.C3H6O2/c13-11-3-1-9(2-4-11)5-10-6-12(14)8-15-7-10;1-2-5-3-4/h1-4,6-8H,5,14H2;3H,2H2,1H3. The molecule has 0 aliphatic rings. The molecule has 1 aromatic carbocycles. The lowest BCUT2D eigenvalue weighted by Crippen LogP contribution is -1.92. The van der Waals surface area contributed by atoms with Crippen LogP contribution in [0.4, 0.5) is 10.1 Å². The van der Waals surface area contributed by atoms with Gasteiger partial charge in [0.1, 0.15) is 5.82 Å². The minimum atomic E-state index is -0.218. The van der Waals surface area contributed by atoms with Crippen LogP contribution in [-0.4, -0.2) is 18.1 Å². The molecule has 4 nitrogen and oxygen atoms in total. The van der Waals surface area contributed by atoms with E-state index in [1.54, 1.807) is 31.5 Å². The van der Waals surface area contributed by atoms with Gasteiger partial charge in [-0.1, -0.05) is 12.1 Å². The van der Waals surface area contributed by atoms with Crippen molar-refractivity contribution in [3.63, 3.8) is 0 Å². The molecule has 0 radical (unpaired) electrons. The molecule has 1 aromatic heterocycles. The van der Waals surface area contributed by atoms with E-state index in [-0.39, 0.29) is 5.82 Å². The van der Waals surface area contributed by atoms with Crippen molar-refractivity contribution < 1.29 is 13.9 Å². The quantitative estimate of drug-likeness (QED) is 0.872. The van der Waals surface area contributed by atoms with Crippen LogP contribution in [-0.2, 0) is 16.0 Å². The maximum atomic E-state index is 12.7. The van der Waals surface area contributed by atoms with Crippen LogP contribution in [0.15, 0.2) is 42.7 Å². The lowest BCUT2D eigenvalue weighted by Gasteiger charge is -2.02. The molecular weight excluding hydrogens is 259 g/mol. The van der Waals surface area contributed by atoms with E-state index < -0.39 is 0 Å². The molecule has 0 atom stereocenters. The summed E-state index contributed by atoms with van der Waals surface area (Å²) in [5, 5.41) is 0. The van der Waals surface area contributed by atoms with E-state index in [1.807, 2.05) is 6.07 Å². The second-order valence-electron chi connectivity index (χ2n) is 3.98. The highest BCUT2D eigenvalue weighted by Gasteiger charge is 1.97. The first-order valence-corrected chi connectivity index (χ1v) is 6.14. The first-order valence-electron chi connectivity index (χ1n) is 6.14. The van der Waals surface area contributed by atoms with E-state index in [9.17, 15) is 9.18 Å². The van der Waals surface area contributed by atoms with E-state index in [1.165, 1.54) is 12.1 Å². The van der Waals surface area contributed by atoms with Gasteiger partial charge in [0, 0.05) is 12.4 Å². The first-order chi connectivity index (χ1) is 9.65. The number of hydrogen-bond acceptors (Lipinski definition) is 4. The molecule has 20 heavy (non-hydrogen) atoms. The van der Waals surface area contributed by atoms with Gasteiger partial charge in [0.05, 0.1) is 12.3 Å². The number of rotatable bonds is 4. The van der Waals surface area contributed by atoms with E-state index in [0.717, 1.165) is 17.5 Å². The molecule has 0 amide bonds. The van der Waals surface area contributed by atoms with Crippen molar-refractivity contribution >= 4 is 12.2 Å². The number of ether oxygens (including phenoxy) is 1. The predicted molar refractivity (Wildman–Crippen MR) is 75.5 cm³/mol. The fourth-order valence-electron chi connectivity index (χ4n) is 1.51. The van der Waals surface area contributed by atoms with Crippen LogP contribution in [0.3, 0.4) is 0 Å². The summed E-state index contributed by atoms with van der Waals surface area (Å²) < 4.78 is 16.8. The number of benzene rings is 1. The summed E-state index contributed by atoms with van der Waals surface area (Å²) in [7, 11) is 0. The smallest absolute Gasteiger partial charge is 0.293 e. The highest BCUT2D eigenvalue weighted by molar-refractivity contribution is 5.38. The fourth-order valence-corrected chi connectivity index (χ4v) is 1.51. The Hall–Kier alpha value is -2.43. The highest BCUT2D eigenvalue weighted by atomic mass is 19.1. The number of aromatic nitrogens is 1. The molecule has 1 heterocycles. The minimum Gasteiger partial charge on any atom is -0.468 e. The van der Waals surface area contributed by atoms with Crippen molar-refractivity contribution in [1.29, 1.82) is 0 Å². The zero-order valence-corrected chi connectivity index (χ0v) is 11.3. The summed E-state index contributed by atoms with van der Waals surface area (Å²) in [6, 6.07) is 8.30. The molecule has 0 saturated carbocycles. The lowest BCUT2D eigenvalue weighted by molar-refractivity contribution is -0.128. The third kappa shape index (κ3) is 5.95. The Morgan fingerprint density at radius 1 is 1.25 bits per heavy atom. The largest absolute Gasteiger partial charge is 0.468 e. The molecule has 2 aromatic rings. The monoisotopic (exact) mass is 276 g/mol. The Kier molecular flexibility index (Phi) is 6.75. The zero-order valence-electron chi connectivity index (χ0n) is 11.3. The van der Waals surface area contributed by atoms with Gasteiger partial charge in [-0.3, -0.25) is 9.78 Å². The predicted octanol–water partition coefficient (Wildman–Crippen LogP) is 2.57. The second-order valence-corrected chi connectivity index (χ2v) is 3.98. The molecule has 0 bridgehead atoms. The minimum absolute atomic E-state index is 0.218. The van der Waals surface area contributed by atoms with Crippen molar-refractivity contribution in [1.82, 2.24) is 4.98 Å². The van der Waals surface area contributed by atoms with Crippen LogP contribution in [0.1, 0.15) is 18.1 Å². The van der Waals surface area contributed by atoms with Crippen LogP contribution < -0.4 is 5.73 Å². The third-order valence-corrected chi connectivity index (χ3v) is 2.37. The number of carbonyl (C=O) groups excluding carboxylic acids is 1. The third-order valence-electron chi connectivity index (χ3n) is 2.37. The van der Waals surface area contributed by atoms with Gasteiger partial charge in [0.25, 0.3) is 6.47 Å². The molecule has 0 fully saturated rings. The van der Waals surface area contributed by atoms with Crippen molar-refractivity contribution in [3.8, 4) is 0 Å². The summed E-state index contributed by atoms with van der Waals surface area (Å²) in [6.07, 6.45) is 4.09. The maximum absolute atomic E-state index is 12.7. The van der Waals surface area contributed by atoms with E-state index in [2.05, 4.69) is 9.72 Å². The molecule has 0 aliphatic carbocycles. The Bertz CT molecular complexity index is 530. The Morgan fingerprint density at radius 3 is 2.45 bits per heavy atom. The summed E-state index contributed by atoms with van der Waals surface area (Å²) in [6.45, 7) is 2.66. The lowest BCUT2D eigenvalue weighted by atomic mass is 10.1. The number of hydrogen-bond donors (Lipinski definition) is 1. The normalized spacial score (nSPS) is 9.30. The van der Waals surface area contributed by atoms with Gasteiger partial charge in [0.15, 0.2) is 0 Å². The Balaban J connectivity index is 0.000000347. The van der Waals surface area contributed by atoms with Crippen LogP contribution in [0.5, 0.6) is 0 Å². The zero-order chi connectivity index (χ0) is 14.8. The van der Waals surface area contributed by atoms with Crippen molar-refractivity contribution in [2.75, 3.05) is 12.3 Å². The van der Waals surface area contributed by atoms with Crippen molar-refractivity contribution in [2.24, 2.45) is 0 Å². The molecule has 0 spiro atoms. The van der Waals surface area contributed by atoms with Gasteiger partial charge in [-0.15, -0.1) is 0 Å². The van der Waals surface area contributed by atoms with Gasteiger partial charge in [-0.25, -0.2) is 4.39 Å². The second kappa shape index (κ2) is 8.63. The summed E-state index contributed by atoms with van der Waals surface area (Å²) in [5.41, 5.74) is 8.34. The summed E-state index contributed by atoms with van der Waals surface area (Å²) in [4.78, 5) is 13.2. The summed E-state index contributed by atoms with van der Waals surface area (Å²) >= 11 is 0. The molecule has 2 rings (SSSR count). The average molecular weight is 276 g/mol. The SMILES string of the molecule is CCOC=O.Nc1cncc(Cc2ccc(F)cc2)c1. The molecule has 106 valence electrons. The highest BCUT2D eigenvalue weighted by Crippen LogP contribution is 2.11. The van der Waals surface area contributed by atoms with Crippen molar-refractivity contribution in [2.45, 2.75) is 13.3 Å². The molecule has 0 aliphatic heterocycles. The molecule has 2 N–H and O–H groups in total. The Labute approximate surface area is 117 Å². The molecule has 0 saturated heterocycles.